The van der Waals surface area contributed by atoms with Crippen molar-refractivity contribution in [3.63, 3.8) is 0 Å². The fourth-order valence-corrected chi connectivity index (χ4v) is 2.59. The van der Waals surface area contributed by atoms with E-state index in [1.54, 1.807) is 25.1 Å². The molecular formula is C14H16N4O3. The van der Waals surface area contributed by atoms with Crippen molar-refractivity contribution in [1.82, 2.24) is 4.90 Å². The third-order valence-electron chi connectivity index (χ3n) is 3.59. The summed E-state index contributed by atoms with van der Waals surface area (Å²) in [5, 5.41) is 20.1. The van der Waals surface area contributed by atoms with Gasteiger partial charge in [-0.1, -0.05) is 0 Å². The zero-order valence-corrected chi connectivity index (χ0v) is 11.9. The van der Waals surface area contributed by atoms with E-state index in [0.717, 1.165) is 6.42 Å². The molecule has 0 aromatic heterocycles. The molecule has 1 aliphatic rings. The van der Waals surface area contributed by atoms with Gasteiger partial charge in [0.15, 0.2) is 0 Å². The van der Waals surface area contributed by atoms with Crippen LogP contribution in [0.25, 0.3) is 0 Å². The first-order valence-corrected chi connectivity index (χ1v) is 6.62. The molecule has 7 nitrogen and oxygen atoms in total. The highest BCUT2D eigenvalue weighted by Gasteiger charge is 2.35. The van der Waals surface area contributed by atoms with Gasteiger partial charge < -0.3 is 9.80 Å². The summed E-state index contributed by atoms with van der Waals surface area (Å²) in [7, 11) is 3.35. The number of hydrogen-bond donors (Lipinski definition) is 0. The molecule has 0 bridgehead atoms. The summed E-state index contributed by atoms with van der Waals surface area (Å²) in [4.78, 5) is 26.2. The normalized spacial score (nSPS) is 17.4. The van der Waals surface area contributed by atoms with Gasteiger partial charge in [-0.15, -0.1) is 0 Å². The Morgan fingerprint density at radius 3 is 2.81 bits per heavy atom. The number of benzene rings is 1. The van der Waals surface area contributed by atoms with E-state index >= 15 is 0 Å². The van der Waals surface area contributed by atoms with Crippen molar-refractivity contribution in [2.24, 2.45) is 0 Å². The van der Waals surface area contributed by atoms with Gasteiger partial charge in [0, 0.05) is 26.7 Å². The lowest BCUT2D eigenvalue weighted by atomic mass is 10.1. The van der Waals surface area contributed by atoms with E-state index < -0.39 is 4.92 Å². The average Bonchev–Trinajstić information content (AvgIpc) is 2.94. The molecule has 7 heteroatoms. The van der Waals surface area contributed by atoms with Gasteiger partial charge in [0.1, 0.15) is 11.7 Å². The summed E-state index contributed by atoms with van der Waals surface area (Å²) < 4.78 is 0. The second-order valence-electron chi connectivity index (χ2n) is 5.16. The third-order valence-corrected chi connectivity index (χ3v) is 3.59. The molecular weight excluding hydrogens is 272 g/mol. The number of rotatable bonds is 3. The second kappa shape index (κ2) is 5.79. The number of nitrogens with zero attached hydrogens (tertiary/aromatic N) is 4. The fraction of sp³-hybridized carbons (Fsp3) is 0.429. The number of carbonyl (C=O) groups is 1. The highest BCUT2D eigenvalue weighted by molar-refractivity contribution is 5.86. The third kappa shape index (κ3) is 2.79. The monoisotopic (exact) mass is 288 g/mol. The Morgan fingerprint density at radius 1 is 1.52 bits per heavy atom. The van der Waals surface area contributed by atoms with Gasteiger partial charge in [-0.3, -0.25) is 14.9 Å². The topological polar surface area (TPSA) is 90.5 Å². The number of nitro groups is 1. The molecule has 1 heterocycles. The maximum absolute atomic E-state index is 12.2. The molecule has 0 unspecified atom stereocenters. The maximum Gasteiger partial charge on any atom is 0.293 e. The Kier molecular flexibility index (Phi) is 4.08. The summed E-state index contributed by atoms with van der Waals surface area (Å²) in [6.07, 6.45) is 1.48. The first-order chi connectivity index (χ1) is 9.95. The molecule has 21 heavy (non-hydrogen) atoms. The Bertz CT molecular complexity index is 621. The van der Waals surface area contributed by atoms with Gasteiger partial charge in [-0.2, -0.15) is 5.26 Å². The molecule has 2 rings (SSSR count). The van der Waals surface area contributed by atoms with Crippen LogP contribution >= 0.6 is 0 Å². The van der Waals surface area contributed by atoms with Crippen molar-refractivity contribution in [2.75, 3.05) is 25.5 Å². The van der Waals surface area contributed by atoms with E-state index in [4.69, 9.17) is 5.26 Å². The zero-order chi connectivity index (χ0) is 15.6. The van der Waals surface area contributed by atoms with E-state index in [9.17, 15) is 14.9 Å². The van der Waals surface area contributed by atoms with Crippen LogP contribution in [0.5, 0.6) is 0 Å². The molecule has 1 aromatic rings. The quantitative estimate of drug-likeness (QED) is 0.621. The molecule has 0 aliphatic carbocycles. The lowest BCUT2D eigenvalue weighted by Gasteiger charge is -2.27. The number of amides is 1. The predicted molar refractivity (Wildman–Crippen MR) is 76.9 cm³/mol. The lowest BCUT2D eigenvalue weighted by molar-refractivity contribution is -0.384. The van der Waals surface area contributed by atoms with Crippen LogP contribution < -0.4 is 4.90 Å². The SMILES string of the molecule is CN(C)C(=O)[C@@H]1CCCN1c1ccc(C#N)cc1[N+](=O)[O-]. The maximum atomic E-state index is 12.2. The van der Waals surface area contributed by atoms with E-state index in [0.29, 0.717) is 18.7 Å². The van der Waals surface area contributed by atoms with Crippen molar-refractivity contribution < 1.29 is 9.72 Å². The van der Waals surface area contributed by atoms with Crippen molar-refractivity contribution in [2.45, 2.75) is 18.9 Å². The number of nitro benzene ring substituents is 1. The van der Waals surface area contributed by atoms with Crippen molar-refractivity contribution in [3.05, 3.63) is 33.9 Å². The van der Waals surface area contributed by atoms with Crippen LogP contribution in [0.2, 0.25) is 0 Å². The average molecular weight is 288 g/mol. The van der Waals surface area contributed by atoms with Crippen molar-refractivity contribution in [1.29, 1.82) is 5.26 Å². The molecule has 1 aliphatic heterocycles. The Labute approximate surface area is 122 Å². The molecule has 110 valence electrons. The van der Waals surface area contributed by atoms with Crippen LogP contribution in [0.4, 0.5) is 11.4 Å². The van der Waals surface area contributed by atoms with Crippen LogP contribution in [-0.4, -0.2) is 42.4 Å². The highest BCUT2D eigenvalue weighted by atomic mass is 16.6. The smallest absolute Gasteiger partial charge is 0.293 e. The second-order valence-corrected chi connectivity index (χ2v) is 5.16. The first-order valence-electron chi connectivity index (χ1n) is 6.62. The summed E-state index contributed by atoms with van der Waals surface area (Å²) in [6, 6.07) is 5.86. The molecule has 0 N–H and O–H groups in total. The zero-order valence-electron chi connectivity index (χ0n) is 11.9. The van der Waals surface area contributed by atoms with Gasteiger partial charge in [0.05, 0.1) is 16.6 Å². The summed E-state index contributed by atoms with van der Waals surface area (Å²) in [6.45, 7) is 0.594. The van der Waals surface area contributed by atoms with Crippen LogP contribution in [0.1, 0.15) is 18.4 Å². The van der Waals surface area contributed by atoms with E-state index in [1.165, 1.54) is 17.0 Å². The van der Waals surface area contributed by atoms with Gasteiger partial charge in [-0.05, 0) is 25.0 Å². The fourth-order valence-electron chi connectivity index (χ4n) is 2.59. The van der Waals surface area contributed by atoms with Crippen molar-refractivity contribution >= 4 is 17.3 Å². The lowest BCUT2D eigenvalue weighted by Crippen LogP contribution is -2.43. The first kappa shape index (κ1) is 14.8. The van der Waals surface area contributed by atoms with Gasteiger partial charge in [0.2, 0.25) is 5.91 Å². The number of anilines is 1. The summed E-state index contributed by atoms with van der Waals surface area (Å²) in [5.41, 5.74) is 0.504. The summed E-state index contributed by atoms with van der Waals surface area (Å²) >= 11 is 0. The van der Waals surface area contributed by atoms with Crippen LogP contribution in [-0.2, 0) is 4.79 Å². The minimum atomic E-state index is -0.508. The van der Waals surface area contributed by atoms with Gasteiger partial charge in [0.25, 0.3) is 5.69 Å². The molecule has 0 spiro atoms. The molecule has 0 saturated carbocycles. The largest absolute Gasteiger partial charge is 0.354 e. The van der Waals surface area contributed by atoms with Gasteiger partial charge in [-0.25, -0.2) is 0 Å². The summed E-state index contributed by atoms with van der Waals surface area (Å²) in [5.74, 6) is -0.0637. The van der Waals surface area contributed by atoms with E-state index in [1.807, 2.05) is 6.07 Å². The van der Waals surface area contributed by atoms with Crippen LogP contribution in [0.3, 0.4) is 0 Å². The molecule has 1 fully saturated rings. The molecule has 0 radical (unpaired) electrons. The molecule has 1 atom stereocenters. The standard InChI is InChI=1S/C14H16N4O3/c1-16(2)14(19)12-4-3-7-17(12)11-6-5-10(9-15)8-13(11)18(20)21/h5-6,8,12H,3-4,7H2,1-2H3/t12-/m0/s1. The van der Waals surface area contributed by atoms with Crippen LogP contribution in [0, 0.1) is 21.4 Å². The van der Waals surface area contributed by atoms with Crippen LogP contribution in [0.15, 0.2) is 18.2 Å². The number of likely N-dealkylation sites (N-methyl/N-ethyl adjacent to an activating group) is 1. The Balaban J connectivity index is 2.43. The Hall–Kier alpha value is -2.62. The minimum Gasteiger partial charge on any atom is -0.354 e. The molecule has 1 saturated heterocycles. The highest BCUT2D eigenvalue weighted by Crippen LogP contribution is 2.34. The molecule has 1 amide bonds. The van der Waals surface area contributed by atoms with Gasteiger partial charge >= 0.3 is 0 Å². The number of nitriles is 1. The number of hydrogen-bond acceptors (Lipinski definition) is 5. The number of carbonyl (C=O) groups excluding carboxylic acids is 1. The predicted octanol–water partition coefficient (Wildman–Crippen LogP) is 1.52. The minimum absolute atomic E-state index is 0.0637. The molecule has 1 aromatic carbocycles. The Morgan fingerprint density at radius 2 is 2.24 bits per heavy atom. The van der Waals surface area contributed by atoms with E-state index in [-0.39, 0.29) is 23.2 Å². The van der Waals surface area contributed by atoms with Crippen molar-refractivity contribution in [3.8, 4) is 6.07 Å². The van der Waals surface area contributed by atoms with E-state index in [2.05, 4.69) is 0 Å².